The molecule has 21 heavy (non-hydrogen) atoms. The summed E-state index contributed by atoms with van der Waals surface area (Å²) >= 11 is 0. The van der Waals surface area contributed by atoms with Crippen molar-refractivity contribution >= 4 is 5.78 Å². The molecule has 2 rings (SSSR count). The van der Waals surface area contributed by atoms with Crippen LogP contribution in [0.4, 0.5) is 8.78 Å². The first-order valence-corrected chi connectivity index (χ1v) is 7.76. The minimum Gasteiger partial charge on any atom is -0.377 e. The van der Waals surface area contributed by atoms with Gasteiger partial charge in [-0.2, -0.15) is 0 Å². The molecule has 0 unspecified atom stereocenters. The molecule has 0 heterocycles. The fourth-order valence-corrected chi connectivity index (χ4v) is 3.10. The summed E-state index contributed by atoms with van der Waals surface area (Å²) in [5.74, 6) is -2.57. The summed E-state index contributed by atoms with van der Waals surface area (Å²) in [6, 6.07) is 0. The molecule has 1 saturated carbocycles. The molecule has 0 amide bonds. The molecule has 0 bridgehead atoms. The summed E-state index contributed by atoms with van der Waals surface area (Å²) in [5, 5.41) is 0. The van der Waals surface area contributed by atoms with Gasteiger partial charge >= 0.3 is 0 Å². The minimum atomic E-state index is -2.60. The number of hydrogen-bond donors (Lipinski definition) is 0. The quantitative estimate of drug-likeness (QED) is 0.677. The Morgan fingerprint density at radius 1 is 1.24 bits per heavy atom. The maximum Gasteiger partial charge on any atom is 0.248 e. The molecule has 0 aromatic rings. The van der Waals surface area contributed by atoms with Crippen LogP contribution in [0.2, 0.25) is 0 Å². The van der Waals surface area contributed by atoms with Gasteiger partial charge in [0.25, 0.3) is 0 Å². The lowest BCUT2D eigenvalue weighted by molar-refractivity contribution is -0.136. The zero-order chi connectivity index (χ0) is 15.3. The molecule has 0 aliphatic heterocycles. The van der Waals surface area contributed by atoms with E-state index in [9.17, 15) is 13.6 Å². The third kappa shape index (κ3) is 4.47. The molecular formula is C17H24F2O2. The summed E-state index contributed by atoms with van der Waals surface area (Å²) in [5.41, 5.74) is 0.562. The molecule has 0 atom stereocenters. The second-order valence-electron chi connectivity index (χ2n) is 6.25. The Hall–Kier alpha value is -1.03. The van der Waals surface area contributed by atoms with Gasteiger partial charge in [-0.25, -0.2) is 8.78 Å². The topological polar surface area (TPSA) is 26.3 Å². The highest BCUT2D eigenvalue weighted by molar-refractivity contribution is 5.82. The van der Waals surface area contributed by atoms with Crippen molar-refractivity contribution in [1.29, 1.82) is 0 Å². The van der Waals surface area contributed by atoms with E-state index in [4.69, 9.17) is 4.74 Å². The first-order valence-electron chi connectivity index (χ1n) is 7.76. The predicted octanol–water partition coefficient (Wildman–Crippen LogP) is 4.45. The summed E-state index contributed by atoms with van der Waals surface area (Å²) in [6.45, 7) is 2.52. The van der Waals surface area contributed by atoms with Crippen molar-refractivity contribution < 1.29 is 18.3 Å². The SMILES string of the molecule is CC(=O)C1(CCOCC2=CCCC=C2)CCC(F)(F)CC1. The number of alkyl halides is 2. The summed E-state index contributed by atoms with van der Waals surface area (Å²) in [7, 11) is 0. The normalized spacial score (nSPS) is 23.7. The van der Waals surface area contributed by atoms with Crippen LogP contribution in [-0.2, 0) is 9.53 Å². The van der Waals surface area contributed by atoms with Gasteiger partial charge < -0.3 is 4.74 Å². The summed E-state index contributed by atoms with van der Waals surface area (Å²) in [4.78, 5) is 11.9. The Morgan fingerprint density at radius 2 is 1.95 bits per heavy atom. The molecule has 0 aromatic carbocycles. The number of ketones is 1. The van der Waals surface area contributed by atoms with Gasteiger partial charge in [0, 0.05) is 24.9 Å². The Morgan fingerprint density at radius 3 is 2.52 bits per heavy atom. The highest BCUT2D eigenvalue weighted by atomic mass is 19.3. The highest BCUT2D eigenvalue weighted by Gasteiger charge is 2.45. The highest BCUT2D eigenvalue weighted by Crippen LogP contribution is 2.46. The fourth-order valence-electron chi connectivity index (χ4n) is 3.10. The number of Topliss-reactive ketones (excluding diaryl/α,β-unsaturated/α-hetero) is 1. The van der Waals surface area contributed by atoms with Gasteiger partial charge in [-0.15, -0.1) is 0 Å². The second-order valence-corrected chi connectivity index (χ2v) is 6.25. The molecule has 0 N–H and O–H groups in total. The van der Waals surface area contributed by atoms with Crippen molar-refractivity contribution in [3.63, 3.8) is 0 Å². The van der Waals surface area contributed by atoms with E-state index in [1.807, 2.05) is 0 Å². The van der Waals surface area contributed by atoms with E-state index in [-0.39, 0.29) is 31.5 Å². The zero-order valence-electron chi connectivity index (χ0n) is 12.7. The van der Waals surface area contributed by atoms with Crippen LogP contribution in [0.1, 0.15) is 51.9 Å². The van der Waals surface area contributed by atoms with Crippen molar-refractivity contribution in [3.05, 3.63) is 23.8 Å². The van der Waals surface area contributed by atoms with Crippen LogP contribution in [0.5, 0.6) is 0 Å². The Balaban J connectivity index is 1.80. The molecule has 4 heteroatoms. The van der Waals surface area contributed by atoms with E-state index in [2.05, 4.69) is 18.2 Å². The lowest BCUT2D eigenvalue weighted by atomic mass is 9.68. The van der Waals surface area contributed by atoms with Gasteiger partial charge in [0.15, 0.2) is 0 Å². The smallest absolute Gasteiger partial charge is 0.248 e. The number of allylic oxidation sites excluding steroid dienone is 2. The molecule has 0 spiro atoms. The molecule has 0 radical (unpaired) electrons. The molecule has 2 aliphatic rings. The number of hydrogen-bond acceptors (Lipinski definition) is 2. The average molecular weight is 298 g/mol. The first kappa shape index (κ1) is 16.3. The monoisotopic (exact) mass is 298 g/mol. The van der Waals surface area contributed by atoms with E-state index in [1.165, 1.54) is 6.92 Å². The zero-order valence-corrected chi connectivity index (χ0v) is 12.7. The largest absolute Gasteiger partial charge is 0.377 e. The third-order valence-corrected chi connectivity index (χ3v) is 4.75. The van der Waals surface area contributed by atoms with Crippen molar-refractivity contribution in [2.75, 3.05) is 13.2 Å². The van der Waals surface area contributed by atoms with Crippen molar-refractivity contribution in [2.45, 2.75) is 57.8 Å². The van der Waals surface area contributed by atoms with E-state index in [1.54, 1.807) is 0 Å². The molecule has 118 valence electrons. The molecule has 2 aliphatic carbocycles. The van der Waals surface area contributed by atoms with E-state index in [0.717, 1.165) is 18.4 Å². The first-order chi connectivity index (χ1) is 9.94. The Labute approximate surface area is 125 Å². The van der Waals surface area contributed by atoms with Crippen molar-refractivity contribution in [2.24, 2.45) is 5.41 Å². The van der Waals surface area contributed by atoms with Gasteiger partial charge in [0.1, 0.15) is 5.78 Å². The lowest BCUT2D eigenvalue weighted by Crippen LogP contribution is -2.39. The number of carbonyl (C=O) groups is 1. The average Bonchev–Trinajstić information content (AvgIpc) is 2.46. The van der Waals surface area contributed by atoms with Gasteiger partial charge in [-0.3, -0.25) is 4.79 Å². The number of rotatable bonds is 6. The van der Waals surface area contributed by atoms with Crippen LogP contribution in [0, 0.1) is 5.41 Å². The standard InChI is InChI=1S/C17H24F2O2/c1-14(20)16(7-9-17(18,19)10-8-16)11-12-21-13-15-5-3-2-4-6-15/h3,5-6H,2,4,7-13H2,1H3. The molecule has 2 nitrogen and oxygen atoms in total. The van der Waals surface area contributed by atoms with Crippen LogP contribution < -0.4 is 0 Å². The molecule has 1 fully saturated rings. The van der Waals surface area contributed by atoms with Gasteiger partial charge in [0.05, 0.1) is 6.61 Å². The van der Waals surface area contributed by atoms with Crippen LogP contribution in [-0.4, -0.2) is 24.9 Å². The van der Waals surface area contributed by atoms with Gasteiger partial charge in [-0.1, -0.05) is 18.2 Å². The predicted molar refractivity (Wildman–Crippen MR) is 78.4 cm³/mol. The molecule has 0 saturated heterocycles. The number of ether oxygens (including phenoxy) is 1. The molecule has 0 aromatic heterocycles. The Kier molecular flexibility index (Phi) is 5.31. The second kappa shape index (κ2) is 6.82. The number of halogens is 2. The summed E-state index contributed by atoms with van der Waals surface area (Å²) in [6.07, 6.45) is 9.21. The van der Waals surface area contributed by atoms with Crippen LogP contribution in [0.25, 0.3) is 0 Å². The van der Waals surface area contributed by atoms with Gasteiger partial charge in [0.2, 0.25) is 5.92 Å². The van der Waals surface area contributed by atoms with Crippen molar-refractivity contribution in [1.82, 2.24) is 0 Å². The van der Waals surface area contributed by atoms with Crippen LogP contribution >= 0.6 is 0 Å². The number of carbonyl (C=O) groups excluding carboxylic acids is 1. The summed E-state index contributed by atoms with van der Waals surface area (Å²) < 4.78 is 32.2. The lowest BCUT2D eigenvalue weighted by Gasteiger charge is -2.38. The minimum absolute atomic E-state index is 0.0263. The third-order valence-electron chi connectivity index (χ3n) is 4.75. The van der Waals surface area contributed by atoms with Crippen LogP contribution in [0.15, 0.2) is 23.8 Å². The van der Waals surface area contributed by atoms with Crippen molar-refractivity contribution in [3.8, 4) is 0 Å². The van der Waals surface area contributed by atoms with E-state index in [0.29, 0.717) is 19.6 Å². The van der Waals surface area contributed by atoms with E-state index >= 15 is 0 Å². The maximum atomic E-state index is 13.3. The molecular weight excluding hydrogens is 274 g/mol. The maximum absolute atomic E-state index is 13.3. The fraction of sp³-hybridized carbons (Fsp3) is 0.706. The van der Waals surface area contributed by atoms with Gasteiger partial charge in [-0.05, 0) is 44.6 Å². The van der Waals surface area contributed by atoms with E-state index < -0.39 is 11.3 Å². The Bertz CT molecular complexity index is 428. The van der Waals surface area contributed by atoms with Crippen LogP contribution in [0.3, 0.4) is 0 Å².